The lowest BCUT2D eigenvalue weighted by molar-refractivity contribution is 0.180. The number of thioether (sulfide) groups is 2. The minimum absolute atomic E-state index is 0.309. The van der Waals surface area contributed by atoms with Gasteiger partial charge in [0.25, 0.3) is 0 Å². The van der Waals surface area contributed by atoms with E-state index in [-0.39, 0.29) is 10.6 Å². The summed E-state index contributed by atoms with van der Waals surface area (Å²) in [6, 6.07) is 15.9. The van der Waals surface area contributed by atoms with Crippen molar-refractivity contribution in [1.82, 2.24) is 9.13 Å². The van der Waals surface area contributed by atoms with Crippen molar-refractivity contribution in [2.75, 3.05) is 13.2 Å². The molecular weight excluding hydrogens is 444 g/mol. The van der Waals surface area contributed by atoms with Crippen molar-refractivity contribution < 1.29 is 19.1 Å². The van der Waals surface area contributed by atoms with Gasteiger partial charge in [-0.05, 0) is 49.5 Å². The molecule has 0 atom stereocenters. The fourth-order valence-electron chi connectivity index (χ4n) is 3.92. The molecule has 0 aliphatic heterocycles. The topological polar surface area (TPSA) is 62.5 Å². The highest BCUT2D eigenvalue weighted by Gasteiger charge is 2.28. The summed E-state index contributed by atoms with van der Waals surface area (Å²) in [6.07, 6.45) is 0. The largest absolute Gasteiger partial charge is 0.458 e. The third-order valence-electron chi connectivity index (χ3n) is 5.24. The molecule has 0 unspecified atom stereocenters. The molecule has 166 valence electrons. The zero-order valence-corrected chi connectivity index (χ0v) is 20.0. The van der Waals surface area contributed by atoms with Crippen LogP contribution >= 0.6 is 23.5 Å². The third kappa shape index (κ3) is 3.89. The minimum Gasteiger partial charge on any atom is -0.458 e. The number of nitrogens with zero attached hydrogens (tertiary/aromatic N) is 2. The van der Waals surface area contributed by atoms with E-state index < -0.39 is 0 Å². The van der Waals surface area contributed by atoms with Crippen LogP contribution in [0.3, 0.4) is 0 Å². The molecule has 0 amide bonds. The number of aryl methyl sites for hydroxylation is 2. The molecule has 0 N–H and O–H groups in total. The van der Waals surface area contributed by atoms with Crippen LogP contribution in [0.15, 0.2) is 58.3 Å². The van der Waals surface area contributed by atoms with Gasteiger partial charge in [0.1, 0.15) is 0 Å². The van der Waals surface area contributed by atoms with Crippen molar-refractivity contribution in [1.29, 1.82) is 0 Å². The Kier molecular flexibility index (Phi) is 6.53. The lowest BCUT2D eigenvalue weighted by Gasteiger charge is -2.12. The van der Waals surface area contributed by atoms with E-state index in [0.29, 0.717) is 13.2 Å². The van der Waals surface area contributed by atoms with E-state index in [1.54, 1.807) is 13.8 Å². The van der Waals surface area contributed by atoms with Crippen molar-refractivity contribution in [3.8, 4) is 11.4 Å². The number of hydrogen-bond donors (Lipinski definition) is 0. The van der Waals surface area contributed by atoms with Crippen LogP contribution in [0.4, 0.5) is 9.59 Å². The molecule has 32 heavy (non-hydrogen) atoms. The first-order valence-corrected chi connectivity index (χ1v) is 12.0. The molecule has 2 aromatic heterocycles. The van der Waals surface area contributed by atoms with Gasteiger partial charge in [0.15, 0.2) is 0 Å². The summed E-state index contributed by atoms with van der Waals surface area (Å²) in [5, 5.41) is 1.20. The zero-order valence-electron chi connectivity index (χ0n) is 18.4. The molecular formula is C24H24N2O4S2. The van der Waals surface area contributed by atoms with E-state index in [4.69, 9.17) is 9.47 Å². The number of ether oxygens (including phenoxy) is 2. The third-order valence-corrected chi connectivity index (χ3v) is 7.04. The smallest absolute Gasteiger partial charge is 0.372 e. The summed E-state index contributed by atoms with van der Waals surface area (Å²) >= 11 is 2.15. The van der Waals surface area contributed by atoms with Gasteiger partial charge in [-0.2, -0.15) is 0 Å². The molecule has 0 radical (unpaired) electrons. The molecule has 4 aromatic rings. The number of carbonyl (C=O) groups excluding carboxylic acids is 2. The Morgan fingerprint density at radius 1 is 0.719 bits per heavy atom. The van der Waals surface area contributed by atoms with Crippen LogP contribution in [0.1, 0.15) is 13.8 Å². The first-order valence-electron chi connectivity index (χ1n) is 10.3. The van der Waals surface area contributed by atoms with Crippen molar-refractivity contribution in [2.45, 2.75) is 23.6 Å². The van der Waals surface area contributed by atoms with Crippen LogP contribution in [-0.4, -0.2) is 33.0 Å². The minimum atomic E-state index is -0.358. The van der Waals surface area contributed by atoms with Gasteiger partial charge in [-0.1, -0.05) is 36.4 Å². The van der Waals surface area contributed by atoms with Gasteiger partial charge >= 0.3 is 10.6 Å². The van der Waals surface area contributed by atoms with Crippen molar-refractivity contribution in [3.63, 3.8) is 0 Å². The molecule has 4 rings (SSSR count). The van der Waals surface area contributed by atoms with E-state index in [1.807, 2.05) is 62.6 Å². The molecule has 0 bridgehead atoms. The van der Waals surface area contributed by atoms with Crippen LogP contribution in [-0.2, 0) is 23.6 Å². The highest BCUT2D eigenvalue weighted by molar-refractivity contribution is 8.14. The van der Waals surface area contributed by atoms with Gasteiger partial charge < -0.3 is 18.6 Å². The molecule has 2 aromatic carbocycles. The van der Waals surface area contributed by atoms with Gasteiger partial charge in [0, 0.05) is 35.9 Å². The maximum Gasteiger partial charge on any atom is 0.372 e. The van der Waals surface area contributed by atoms with Gasteiger partial charge in [-0.15, -0.1) is 0 Å². The molecule has 0 saturated heterocycles. The monoisotopic (exact) mass is 468 g/mol. The Labute approximate surface area is 194 Å². The van der Waals surface area contributed by atoms with Gasteiger partial charge in [0.05, 0.1) is 34.4 Å². The van der Waals surface area contributed by atoms with E-state index in [9.17, 15) is 9.59 Å². The van der Waals surface area contributed by atoms with Gasteiger partial charge in [0.2, 0.25) is 0 Å². The van der Waals surface area contributed by atoms with Gasteiger partial charge in [-0.3, -0.25) is 0 Å². The Balaban J connectivity index is 2.03. The molecule has 6 nitrogen and oxygen atoms in total. The predicted molar refractivity (Wildman–Crippen MR) is 131 cm³/mol. The molecule has 2 heterocycles. The van der Waals surface area contributed by atoms with Crippen LogP contribution in [0.5, 0.6) is 0 Å². The summed E-state index contributed by atoms with van der Waals surface area (Å²) in [6.45, 7) is 4.20. The lowest BCUT2D eigenvalue weighted by atomic mass is 10.2. The molecule has 8 heteroatoms. The quantitative estimate of drug-likeness (QED) is 0.236. The van der Waals surface area contributed by atoms with Crippen molar-refractivity contribution >= 4 is 55.9 Å². The van der Waals surface area contributed by atoms with E-state index in [0.717, 1.165) is 66.5 Å². The number of para-hydroxylation sites is 2. The number of rotatable bonds is 5. The second-order valence-corrected chi connectivity index (χ2v) is 8.97. The number of aromatic nitrogens is 2. The van der Waals surface area contributed by atoms with E-state index >= 15 is 0 Å². The number of benzene rings is 2. The second kappa shape index (κ2) is 9.34. The SMILES string of the molecule is CCOC(=O)Sc1c(-c2c(SC(=O)OCC)c3ccccc3n2C)n(C)c2ccccc12. The van der Waals surface area contributed by atoms with E-state index in [2.05, 4.69) is 9.13 Å². The highest BCUT2D eigenvalue weighted by atomic mass is 32.2. The van der Waals surface area contributed by atoms with Crippen molar-refractivity contribution in [3.05, 3.63) is 48.5 Å². The number of hydrogen-bond acceptors (Lipinski definition) is 6. The normalized spacial score (nSPS) is 11.2. The fourth-order valence-corrected chi connectivity index (χ4v) is 5.83. The summed E-state index contributed by atoms with van der Waals surface area (Å²) in [4.78, 5) is 26.6. The van der Waals surface area contributed by atoms with Crippen molar-refractivity contribution in [2.24, 2.45) is 14.1 Å². The van der Waals surface area contributed by atoms with Crippen LogP contribution in [0, 0.1) is 0 Å². The second-order valence-electron chi connectivity index (χ2n) is 7.08. The lowest BCUT2D eigenvalue weighted by Crippen LogP contribution is -2.02. The van der Waals surface area contributed by atoms with E-state index in [1.165, 1.54) is 0 Å². The molecule has 0 aliphatic rings. The number of carbonyl (C=O) groups is 2. The fraction of sp³-hybridized carbons (Fsp3) is 0.250. The molecule has 0 spiro atoms. The van der Waals surface area contributed by atoms with Crippen LogP contribution < -0.4 is 0 Å². The summed E-state index contributed by atoms with van der Waals surface area (Å²) in [5.74, 6) is 0. The molecule has 0 aliphatic carbocycles. The Hall–Kier alpha value is -2.84. The Morgan fingerprint density at radius 3 is 1.47 bits per heavy atom. The molecule has 0 fully saturated rings. The maximum atomic E-state index is 12.5. The first kappa shape index (κ1) is 22.4. The standard InChI is InChI=1S/C24H24N2O4S2/c1-5-29-23(27)31-21-15-11-7-9-13-17(15)25(3)19(21)20-22(32-24(28)30-6-2)16-12-8-10-14-18(16)26(20)4/h7-14H,5-6H2,1-4H3. The number of fused-ring (bicyclic) bond motifs is 2. The van der Waals surface area contributed by atoms with Crippen LogP contribution in [0.25, 0.3) is 33.2 Å². The van der Waals surface area contributed by atoms with Gasteiger partial charge in [-0.25, -0.2) is 9.59 Å². The zero-order chi connectivity index (χ0) is 22.8. The summed E-state index contributed by atoms with van der Waals surface area (Å²) < 4.78 is 14.6. The Morgan fingerprint density at radius 2 is 1.09 bits per heavy atom. The highest BCUT2D eigenvalue weighted by Crippen LogP contribution is 2.47. The average Bonchev–Trinajstić information content (AvgIpc) is 3.20. The first-order chi connectivity index (χ1) is 15.5. The predicted octanol–water partition coefficient (Wildman–Crippen LogP) is 6.83. The molecule has 0 saturated carbocycles. The summed E-state index contributed by atoms with van der Waals surface area (Å²) in [7, 11) is 3.95. The van der Waals surface area contributed by atoms with Crippen LogP contribution in [0.2, 0.25) is 0 Å². The Bertz CT molecular complexity index is 1220. The average molecular weight is 469 g/mol. The maximum absolute atomic E-state index is 12.5. The summed E-state index contributed by atoms with van der Waals surface area (Å²) in [5.41, 5.74) is 3.70.